The van der Waals surface area contributed by atoms with Gasteiger partial charge in [0.05, 0.1) is 12.8 Å². The first-order valence-electron chi connectivity index (χ1n) is 9.55. The summed E-state index contributed by atoms with van der Waals surface area (Å²) in [6.45, 7) is 10.6. The van der Waals surface area contributed by atoms with E-state index < -0.39 is 0 Å². The second kappa shape index (κ2) is 8.89. The van der Waals surface area contributed by atoms with Gasteiger partial charge in [0.1, 0.15) is 11.5 Å². The van der Waals surface area contributed by atoms with E-state index in [1.807, 2.05) is 49.5 Å². The van der Waals surface area contributed by atoms with Crippen LogP contribution in [0.15, 0.2) is 48.8 Å². The van der Waals surface area contributed by atoms with Gasteiger partial charge in [-0.15, -0.1) is 0 Å². The van der Waals surface area contributed by atoms with Gasteiger partial charge in [-0.3, -0.25) is 5.10 Å². The van der Waals surface area contributed by atoms with Crippen molar-refractivity contribution >= 4 is 0 Å². The number of benzene rings is 1. The van der Waals surface area contributed by atoms with Crippen LogP contribution in [-0.4, -0.2) is 21.8 Å². The van der Waals surface area contributed by atoms with Crippen LogP contribution in [0.2, 0.25) is 0 Å². The Labute approximate surface area is 166 Å². The van der Waals surface area contributed by atoms with Crippen molar-refractivity contribution in [1.82, 2.24) is 20.5 Å². The van der Waals surface area contributed by atoms with Crippen molar-refractivity contribution in [2.24, 2.45) is 0 Å². The van der Waals surface area contributed by atoms with Gasteiger partial charge in [0.15, 0.2) is 0 Å². The highest BCUT2D eigenvalue weighted by molar-refractivity contribution is 5.34. The van der Waals surface area contributed by atoms with Crippen molar-refractivity contribution in [2.75, 3.05) is 6.61 Å². The third-order valence-electron chi connectivity index (χ3n) is 4.27. The fraction of sp³-hybridized carbons (Fsp3) is 0.364. The van der Waals surface area contributed by atoms with Crippen LogP contribution in [0.5, 0.6) is 17.4 Å². The molecule has 6 nitrogen and oxygen atoms in total. The molecule has 0 aliphatic heterocycles. The molecule has 2 aromatic heterocycles. The molecule has 0 spiro atoms. The zero-order valence-corrected chi connectivity index (χ0v) is 17.0. The predicted octanol–water partition coefficient (Wildman–Crippen LogP) is 4.58. The first kappa shape index (κ1) is 19.9. The summed E-state index contributed by atoms with van der Waals surface area (Å²) in [7, 11) is 0. The maximum Gasteiger partial charge on any atom is 0.219 e. The van der Waals surface area contributed by atoms with E-state index in [0.717, 1.165) is 35.8 Å². The Kier molecular flexibility index (Phi) is 6.31. The third-order valence-corrected chi connectivity index (χ3v) is 4.27. The molecular weight excluding hydrogens is 352 g/mol. The van der Waals surface area contributed by atoms with Gasteiger partial charge in [-0.1, -0.05) is 20.8 Å². The first-order valence-corrected chi connectivity index (χ1v) is 9.55. The second-order valence-electron chi connectivity index (χ2n) is 7.63. The molecule has 0 radical (unpaired) electrons. The number of ether oxygens (including phenoxy) is 2. The molecular formula is C22H28N4O2. The van der Waals surface area contributed by atoms with Gasteiger partial charge in [0.25, 0.3) is 0 Å². The summed E-state index contributed by atoms with van der Waals surface area (Å²) in [5, 5.41) is 10.8. The highest BCUT2D eigenvalue weighted by atomic mass is 16.5. The van der Waals surface area contributed by atoms with E-state index >= 15 is 0 Å². The largest absolute Gasteiger partial charge is 0.494 e. The van der Waals surface area contributed by atoms with E-state index in [0.29, 0.717) is 12.5 Å². The Bertz CT molecular complexity index is 882. The van der Waals surface area contributed by atoms with Crippen molar-refractivity contribution in [1.29, 1.82) is 0 Å². The topological polar surface area (TPSA) is 72.1 Å². The lowest BCUT2D eigenvalue weighted by molar-refractivity contribution is 0.339. The van der Waals surface area contributed by atoms with Crippen molar-refractivity contribution in [3.8, 4) is 17.4 Å². The SMILES string of the molecule is CCOc1ccc(Oc2cc(CNCc3cn[nH]c3C(C)(C)C)ccn2)cc1. The summed E-state index contributed by atoms with van der Waals surface area (Å²) >= 11 is 0. The van der Waals surface area contributed by atoms with Crippen molar-refractivity contribution in [2.45, 2.75) is 46.2 Å². The molecule has 2 N–H and O–H groups in total. The number of rotatable bonds is 8. The molecule has 28 heavy (non-hydrogen) atoms. The van der Waals surface area contributed by atoms with Gasteiger partial charge in [-0.2, -0.15) is 5.10 Å². The van der Waals surface area contributed by atoms with Gasteiger partial charge < -0.3 is 14.8 Å². The zero-order chi connectivity index (χ0) is 20.0. The summed E-state index contributed by atoms with van der Waals surface area (Å²) < 4.78 is 11.3. The molecule has 1 aromatic carbocycles. The first-order chi connectivity index (χ1) is 13.5. The standard InChI is InChI=1S/C22H28N4O2/c1-5-27-18-6-8-19(9-7-18)28-20-12-16(10-11-24-20)13-23-14-17-15-25-26-21(17)22(2,3)4/h6-12,15,23H,5,13-14H2,1-4H3,(H,25,26). The van der Waals surface area contributed by atoms with Crippen molar-refractivity contribution in [3.05, 3.63) is 65.6 Å². The van der Waals surface area contributed by atoms with E-state index in [2.05, 4.69) is 41.3 Å². The molecule has 3 rings (SSSR count). The minimum atomic E-state index is 0.0446. The molecule has 0 aliphatic rings. The summed E-state index contributed by atoms with van der Waals surface area (Å²) in [4.78, 5) is 4.30. The molecule has 0 amide bonds. The van der Waals surface area contributed by atoms with Crippen molar-refractivity contribution in [3.63, 3.8) is 0 Å². The van der Waals surface area contributed by atoms with Gasteiger partial charge in [-0.25, -0.2) is 4.98 Å². The Balaban J connectivity index is 1.57. The third kappa shape index (κ3) is 5.33. The summed E-state index contributed by atoms with van der Waals surface area (Å²) in [6.07, 6.45) is 3.65. The number of aromatic nitrogens is 3. The smallest absolute Gasteiger partial charge is 0.219 e. The van der Waals surface area contributed by atoms with Gasteiger partial charge in [-0.05, 0) is 42.8 Å². The molecule has 0 saturated heterocycles. The molecule has 6 heteroatoms. The molecule has 148 valence electrons. The zero-order valence-electron chi connectivity index (χ0n) is 17.0. The van der Waals surface area contributed by atoms with E-state index in [1.165, 1.54) is 5.56 Å². The normalized spacial score (nSPS) is 11.4. The lowest BCUT2D eigenvalue weighted by Gasteiger charge is -2.18. The number of hydrogen-bond donors (Lipinski definition) is 2. The van der Waals surface area contributed by atoms with Crippen LogP contribution < -0.4 is 14.8 Å². The van der Waals surface area contributed by atoms with Gasteiger partial charge >= 0.3 is 0 Å². The molecule has 0 bridgehead atoms. The lowest BCUT2D eigenvalue weighted by Crippen LogP contribution is -2.19. The molecule has 2 heterocycles. The quantitative estimate of drug-likeness (QED) is 0.598. The Hall–Kier alpha value is -2.86. The molecule has 0 aliphatic carbocycles. The average molecular weight is 380 g/mol. The maximum atomic E-state index is 5.86. The minimum Gasteiger partial charge on any atom is -0.494 e. The van der Waals surface area contributed by atoms with Crippen molar-refractivity contribution < 1.29 is 9.47 Å². The van der Waals surface area contributed by atoms with Crippen LogP contribution in [0.25, 0.3) is 0 Å². The summed E-state index contributed by atoms with van der Waals surface area (Å²) in [5.41, 5.74) is 3.50. The molecule has 3 aromatic rings. The number of aromatic amines is 1. The van der Waals surface area contributed by atoms with E-state index in [4.69, 9.17) is 9.47 Å². The number of H-pyrrole nitrogens is 1. The molecule has 0 unspecified atom stereocenters. The monoisotopic (exact) mass is 380 g/mol. The number of hydrogen-bond acceptors (Lipinski definition) is 5. The highest BCUT2D eigenvalue weighted by Crippen LogP contribution is 2.24. The van der Waals surface area contributed by atoms with E-state index in [-0.39, 0.29) is 5.41 Å². The second-order valence-corrected chi connectivity index (χ2v) is 7.63. The van der Waals surface area contributed by atoms with Crippen LogP contribution in [0.1, 0.15) is 44.5 Å². The average Bonchev–Trinajstić information content (AvgIpc) is 3.13. The van der Waals surface area contributed by atoms with Crippen LogP contribution in [0.4, 0.5) is 0 Å². The number of nitrogens with zero attached hydrogens (tertiary/aromatic N) is 2. The van der Waals surface area contributed by atoms with Gasteiger partial charge in [0.2, 0.25) is 5.88 Å². The molecule has 0 fully saturated rings. The Morgan fingerprint density at radius 1 is 1.04 bits per heavy atom. The molecule has 0 saturated carbocycles. The fourth-order valence-electron chi connectivity index (χ4n) is 2.94. The molecule has 0 atom stereocenters. The minimum absolute atomic E-state index is 0.0446. The lowest BCUT2D eigenvalue weighted by atomic mass is 9.89. The van der Waals surface area contributed by atoms with Crippen LogP contribution in [0.3, 0.4) is 0 Å². The number of pyridine rings is 1. The summed E-state index contributed by atoms with van der Waals surface area (Å²) in [6, 6.07) is 11.5. The highest BCUT2D eigenvalue weighted by Gasteiger charge is 2.19. The summed E-state index contributed by atoms with van der Waals surface area (Å²) in [5.74, 6) is 2.13. The van der Waals surface area contributed by atoms with Crippen LogP contribution in [0, 0.1) is 0 Å². The van der Waals surface area contributed by atoms with Crippen LogP contribution >= 0.6 is 0 Å². The van der Waals surface area contributed by atoms with Crippen LogP contribution in [-0.2, 0) is 18.5 Å². The van der Waals surface area contributed by atoms with E-state index in [1.54, 1.807) is 6.20 Å². The fourth-order valence-corrected chi connectivity index (χ4v) is 2.94. The predicted molar refractivity (Wildman–Crippen MR) is 110 cm³/mol. The maximum absolute atomic E-state index is 5.86. The number of nitrogens with one attached hydrogen (secondary N) is 2. The van der Waals surface area contributed by atoms with Gasteiger partial charge in [0, 0.05) is 42.0 Å². The Morgan fingerprint density at radius 3 is 2.50 bits per heavy atom. The van der Waals surface area contributed by atoms with E-state index in [9.17, 15) is 0 Å². The Morgan fingerprint density at radius 2 is 1.79 bits per heavy atom.